The van der Waals surface area contributed by atoms with E-state index < -0.39 is 0 Å². The molecule has 1 aromatic rings. The van der Waals surface area contributed by atoms with E-state index >= 15 is 0 Å². The van der Waals surface area contributed by atoms with E-state index in [2.05, 4.69) is 17.2 Å². The van der Waals surface area contributed by atoms with Gasteiger partial charge in [-0.25, -0.2) is 9.97 Å². The quantitative estimate of drug-likeness (QED) is 0.887. The van der Waals surface area contributed by atoms with Gasteiger partial charge in [-0.2, -0.15) is 0 Å². The van der Waals surface area contributed by atoms with E-state index in [-0.39, 0.29) is 0 Å². The van der Waals surface area contributed by atoms with Crippen molar-refractivity contribution in [1.29, 1.82) is 0 Å². The van der Waals surface area contributed by atoms with E-state index in [9.17, 15) is 0 Å². The van der Waals surface area contributed by atoms with Crippen LogP contribution in [-0.4, -0.2) is 29.7 Å². The third kappa shape index (κ3) is 2.27. The third-order valence-corrected chi connectivity index (χ3v) is 3.95. The minimum absolute atomic E-state index is 0.412. The van der Waals surface area contributed by atoms with E-state index in [1.165, 1.54) is 24.1 Å². The summed E-state index contributed by atoms with van der Waals surface area (Å²) in [5, 5.41) is 3.52. The summed E-state index contributed by atoms with van der Waals surface area (Å²) in [6.45, 7) is 4.79. The first-order chi connectivity index (χ1) is 8.88. The summed E-state index contributed by atoms with van der Waals surface area (Å²) in [6.07, 6.45) is 6.64. The predicted molar refractivity (Wildman–Crippen MR) is 69.6 cm³/mol. The van der Waals surface area contributed by atoms with Crippen LogP contribution >= 0.6 is 0 Å². The Labute approximate surface area is 108 Å². The lowest BCUT2D eigenvalue weighted by atomic mass is 9.92. The summed E-state index contributed by atoms with van der Waals surface area (Å²) in [5.74, 6) is 1.40. The first-order valence-electron chi connectivity index (χ1n) is 7.05. The first kappa shape index (κ1) is 12.1. The van der Waals surface area contributed by atoms with Crippen molar-refractivity contribution in [1.82, 2.24) is 15.3 Å². The molecule has 2 aliphatic rings. The standard InChI is InChI=1S/C14H21N3O/c1-2-15-12-4-3-5-13-11(12)8-16-14(17-13)10-6-7-18-9-10/h8,10,12,15H,2-7,9H2,1H3. The summed E-state index contributed by atoms with van der Waals surface area (Å²) >= 11 is 0. The summed E-state index contributed by atoms with van der Waals surface area (Å²) in [4.78, 5) is 9.37. The molecule has 1 saturated heterocycles. The van der Waals surface area contributed by atoms with E-state index in [0.717, 1.165) is 38.4 Å². The molecule has 0 bridgehead atoms. The van der Waals surface area contributed by atoms with Crippen molar-refractivity contribution in [2.24, 2.45) is 0 Å². The van der Waals surface area contributed by atoms with Gasteiger partial charge in [0.1, 0.15) is 5.82 Å². The molecule has 3 rings (SSSR count). The number of aryl methyl sites for hydroxylation is 1. The van der Waals surface area contributed by atoms with Crippen molar-refractivity contribution in [2.45, 2.75) is 44.6 Å². The Morgan fingerprint density at radius 3 is 3.17 bits per heavy atom. The molecule has 2 atom stereocenters. The van der Waals surface area contributed by atoms with E-state index in [1.54, 1.807) is 0 Å². The molecule has 1 aliphatic heterocycles. The molecule has 0 radical (unpaired) electrons. The van der Waals surface area contributed by atoms with Crippen LogP contribution in [-0.2, 0) is 11.2 Å². The highest BCUT2D eigenvalue weighted by molar-refractivity contribution is 5.25. The Bertz CT molecular complexity index is 416. The Kier molecular flexibility index (Phi) is 3.57. The zero-order chi connectivity index (χ0) is 12.4. The number of fused-ring (bicyclic) bond motifs is 1. The highest BCUT2D eigenvalue weighted by Gasteiger charge is 2.25. The Morgan fingerprint density at radius 2 is 2.39 bits per heavy atom. The molecule has 0 spiro atoms. The maximum absolute atomic E-state index is 5.42. The van der Waals surface area contributed by atoms with Crippen molar-refractivity contribution >= 4 is 0 Å². The van der Waals surface area contributed by atoms with Gasteiger partial charge < -0.3 is 10.1 Å². The lowest BCUT2D eigenvalue weighted by Crippen LogP contribution is -2.26. The zero-order valence-corrected chi connectivity index (χ0v) is 11.0. The van der Waals surface area contributed by atoms with Crippen molar-refractivity contribution in [3.63, 3.8) is 0 Å². The van der Waals surface area contributed by atoms with Crippen molar-refractivity contribution in [2.75, 3.05) is 19.8 Å². The van der Waals surface area contributed by atoms with Gasteiger partial charge in [0.2, 0.25) is 0 Å². The second kappa shape index (κ2) is 5.33. The molecular weight excluding hydrogens is 226 g/mol. The molecule has 98 valence electrons. The fourth-order valence-electron chi connectivity index (χ4n) is 2.96. The fraction of sp³-hybridized carbons (Fsp3) is 0.714. The molecule has 1 aromatic heterocycles. The van der Waals surface area contributed by atoms with Crippen LogP contribution in [0, 0.1) is 0 Å². The highest BCUT2D eigenvalue weighted by atomic mass is 16.5. The molecule has 4 heteroatoms. The van der Waals surface area contributed by atoms with Gasteiger partial charge in [-0.15, -0.1) is 0 Å². The van der Waals surface area contributed by atoms with Gasteiger partial charge >= 0.3 is 0 Å². The van der Waals surface area contributed by atoms with Gasteiger partial charge in [0.15, 0.2) is 0 Å². The fourth-order valence-corrected chi connectivity index (χ4v) is 2.96. The van der Waals surface area contributed by atoms with E-state index in [1.807, 2.05) is 6.20 Å². The number of nitrogens with zero attached hydrogens (tertiary/aromatic N) is 2. The van der Waals surface area contributed by atoms with Crippen LogP contribution in [0.15, 0.2) is 6.20 Å². The zero-order valence-electron chi connectivity index (χ0n) is 11.0. The van der Waals surface area contributed by atoms with E-state index in [0.29, 0.717) is 12.0 Å². The summed E-state index contributed by atoms with van der Waals surface area (Å²) in [7, 11) is 0. The SMILES string of the molecule is CCNC1CCCc2nc(C3CCOC3)ncc21. The molecule has 0 aromatic carbocycles. The van der Waals surface area contributed by atoms with Crippen LogP contribution in [0.25, 0.3) is 0 Å². The third-order valence-electron chi connectivity index (χ3n) is 3.95. The molecule has 4 nitrogen and oxygen atoms in total. The summed E-state index contributed by atoms with van der Waals surface area (Å²) in [6, 6.07) is 0.452. The van der Waals surface area contributed by atoms with Crippen molar-refractivity contribution < 1.29 is 4.74 Å². The molecule has 2 unspecified atom stereocenters. The molecular formula is C14H21N3O. The number of ether oxygens (including phenoxy) is 1. The van der Waals surface area contributed by atoms with Crippen LogP contribution in [0.5, 0.6) is 0 Å². The monoisotopic (exact) mass is 247 g/mol. The molecule has 18 heavy (non-hydrogen) atoms. The second-order valence-electron chi connectivity index (χ2n) is 5.19. The molecule has 1 aliphatic carbocycles. The minimum atomic E-state index is 0.412. The van der Waals surface area contributed by atoms with Crippen LogP contribution < -0.4 is 5.32 Å². The number of aromatic nitrogens is 2. The van der Waals surface area contributed by atoms with Crippen molar-refractivity contribution in [3.05, 3.63) is 23.3 Å². The maximum Gasteiger partial charge on any atom is 0.134 e. The average molecular weight is 247 g/mol. The topological polar surface area (TPSA) is 47.0 Å². The Hall–Kier alpha value is -1.00. The molecule has 1 N–H and O–H groups in total. The van der Waals surface area contributed by atoms with Gasteiger partial charge in [0.05, 0.1) is 6.61 Å². The lowest BCUT2D eigenvalue weighted by Gasteiger charge is -2.25. The molecule has 0 amide bonds. The van der Waals surface area contributed by atoms with Crippen LogP contribution in [0.1, 0.15) is 55.2 Å². The van der Waals surface area contributed by atoms with Gasteiger partial charge in [0.25, 0.3) is 0 Å². The maximum atomic E-state index is 5.42. The number of rotatable bonds is 3. The summed E-state index contributed by atoms with van der Waals surface area (Å²) < 4.78 is 5.42. The smallest absolute Gasteiger partial charge is 0.134 e. The molecule has 0 saturated carbocycles. The lowest BCUT2D eigenvalue weighted by molar-refractivity contribution is 0.193. The Balaban J connectivity index is 1.85. The van der Waals surface area contributed by atoms with Crippen molar-refractivity contribution in [3.8, 4) is 0 Å². The Morgan fingerprint density at radius 1 is 1.44 bits per heavy atom. The van der Waals surface area contributed by atoms with Gasteiger partial charge in [-0.3, -0.25) is 0 Å². The highest BCUT2D eigenvalue weighted by Crippen LogP contribution is 2.30. The molecule has 2 heterocycles. The van der Waals surface area contributed by atoms with Crippen LogP contribution in [0.3, 0.4) is 0 Å². The molecule has 1 fully saturated rings. The minimum Gasteiger partial charge on any atom is -0.381 e. The number of hydrogen-bond acceptors (Lipinski definition) is 4. The predicted octanol–water partition coefficient (Wildman–Crippen LogP) is 1.97. The van der Waals surface area contributed by atoms with Gasteiger partial charge in [0, 0.05) is 36.0 Å². The number of nitrogens with one attached hydrogen (secondary N) is 1. The van der Waals surface area contributed by atoms with Gasteiger partial charge in [-0.1, -0.05) is 6.92 Å². The van der Waals surface area contributed by atoms with Gasteiger partial charge in [-0.05, 0) is 32.2 Å². The second-order valence-corrected chi connectivity index (χ2v) is 5.19. The normalized spacial score (nSPS) is 27.2. The van der Waals surface area contributed by atoms with E-state index in [4.69, 9.17) is 9.72 Å². The first-order valence-corrected chi connectivity index (χ1v) is 7.05. The van der Waals surface area contributed by atoms with Crippen LogP contribution in [0.2, 0.25) is 0 Å². The largest absolute Gasteiger partial charge is 0.381 e. The average Bonchev–Trinajstić information content (AvgIpc) is 2.93. The summed E-state index contributed by atoms with van der Waals surface area (Å²) in [5.41, 5.74) is 2.56. The van der Waals surface area contributed by atoms with Crippen LogP contribution in [0.4, 0.5) is 0 Å². The number of hydrogen-bond donors (Lipinski definition) is 1.